The lowest BCUT2D eigenvalue weighted by molar-refractivity contribution is -0.141. The summed E-state index contributed by atoms with van der Waals surface area (Å²) in [6, 6.07) is 8.07. The first kappa shape index (κ1) is 11.6. The number of ether oxygens (including phenoxy) is 1. The Morgan fingerprint density at radius 2 is 2.18 bits per heavy atom. The predicted molar refractivity (Wildman–Crippen MR) is 65.6 cm³/mol. The number of aryl methyl sites for hydroxylation is 1. The normalized spacial score (nSPS) is 10.6. The van der Waals surface area contributed by atoms with Crippen LogP contribution in [0.25, 0.3) is 11.0 Å². The summed E-state index contributed by atoms with van der Waals surface area (Å²) < 4.78 is 7.01. The second-order valence-corrected chi connectivity index (χ2v) is 3.97. The van der Waals surface area contributed by atoms with Gasteiger partial charge < -0.3 is 9.30 Å². The number of carbonyl (C=O) groups excluding carboxylic acids is 1. The lowest BCUT2D eigenvalue weighted by Gasteiger charge is -2.04. The van der Waals surface area contributed by atoms with E-state index in [0.717, 1.165) is 30.4 Å². The van der Waals surface area contributed by atoms with E-state index in [4.69, 9.17) is 4.74 Å². The Bertz CT molecular complexity index is 505. The number of carbonyl (C=O) groups is 1. The van der Waals surface area contributed by atoms with E-state index in [0.29, 0.717) is 6.61 Å². The van der Waals surface area contributed by atoms with Crippen LogP contribution in [0.2, 0.25) is 0 Å². The van der Waals surface area contributed by atoms with Crippen molar-refractivity contribution >= 4 is 17.0 Å². The Morgan fingerprint density at radius 3 is 3.00 bits per heavy atom. The van der Waals surface area contributed by atoms with Crippen LogP contribution in [0.3, 0.4) is 0 Å². The van der Waals surface area contributed by atoms with Crippen LogP contribution in [0.15, 0.2) is 30.6 Å². The highest BCUT2D eigenvalue weighted by Gasteiger charge is 2.00. The van der Waals surface area contributed by atoms with Crippen LogP contribution in [0.4, 0.5) is 0 Å². The molecular formula is C13H16N2O2. The van der Waals surface area contributed by atoms with E-state index < -0.39 is 0 Å². The average molecular weight is 232 g/mol. The molecular weight excluding hydrogens is 216 g/mol. The van der Waals surface area contributed by atoms with Crippen LogP contribution in [0.1, 0.15) is 19.8 Å². The fraction of sp³-hybridized carbons (Fsp3) is 0.385. The summed E-state index contributed by atoms with van der Waals surface area (Å²) in [4.78, 5) is 14.9. The van der Waals surface area contributed by atoms with Gasteiger partial charge in [0.25, 0.3) is 0 Å². The molecule has 0 bridgehead atoms. The SMILES string of the molecule is CC(=O)OCCCCn1cnc2ccccc21. The zero-order chi connectivity index (χ0) is 12.1. The first-order valence-electron chi connectivity index (χ1n) is 5.80. The van der Waals surface area contributed by atoms with Crippen LogP contribution in [0.5, 0.6) is 0 Å². The number of para-hydroxylation sites is 2. The van der Waals surface area contributed by atoms with Crippen LogP contribution in [0, 0.1) is 0 Å². The van der Waals surface area contributed by atoms with E-state index in [1.165, 1.54) is 6.92 Å². The van der Waals surface area contributed by atoms with Crippen molar-refractivity contribution in [1.82, 2.24) is 9.55 Å². The topological polar surface area (TPSA) is 44.1 Å². The zero-order valence-corrected chi connectivity index (χ0v) is 9.93. The van der Waals surface area contributed by atoms with Crippen molar-refractivity contribution in [3.8, 4) is 0 Å². The third kappa shape index (κ3) is 3.06. The van der Waals surface area contributed by atoms with Crippen LogP contribution < -0.4 is 0 Å². The highest BCUT2D eigenvalue weighted by molar-refractivity contribution is 5.74. The molecule has 0 saturated heterocycles. The molecule has 0 unspecified atom stereocenters. The van der Waals surface area contributed by atoms with Gasteiger partial charge in [-0.15, -0.1) is 0 Å². The van der Waals surface area contributed by atoms with Crippen molar-refractivity contribution in [3.63, 3.8) is 0 Å². The molecule has 0 saturated carbocycles. The van der Waals surface area contributed by atoms with Gasteiger partial charge in [0.2, 0.25) is 0 Å². The molecule has 0 atom stereocenters. The maximum Gasteiger partial charge on any atom is 0.302 e. The van der Waals surface area contributed by atoms with Gasteiger partial charge in [0.15, 0.2) is 0 Å². The standard InChI is InChI=1S/C13H16N2O2/c1-11(16)17-9-5-4-8-15-10-14-12-6-2-3-7-13(12)15/h2-3,6-7,10H,4-5,8-9H2,1H3. The highest BCUT2D eigenvalue weighted by atomic mass is 16.5. The van der Waals surface area contributed by atoms with Crippen LogP contribution in [-0.4, -0.2) is 22.1 Å². The lowest BCUT2D eigenvalue weighted by Crippen LogP contribution is -2.02. The summed E-state index contributed by atoms with van der Waals surface area (Å²) in [6.07, 6.45) is 3.72. The van der Waals surface area contributed by atoms with E-state index >= 15 is 0 Å². The summed E-state index contributed by atoms with van der Waals surface area (Å²) in [5, 5.41) is 0. The number of hydrogen-bond donors (Lipinski definition) is 0. The fourth-order valence-electron chi connectivity index (χ4n) is 1.79. The zero-order valence-electron chi connectivity index (χ0n) is 9.93. The first-order chi connectivity index (χ1) is 8.27. The molecule has 0 N–H and O–H groups in total. The molecule has 4 heteroatoms. The number of aromatic nitrogens is 2. The largest absolute Gasteiger partial charge is 0.466 e. The first-order valence-corrected chi connectivity index (χ1v) is 5.80. The second kappa shape index (κ2) is 5.48. The number of nitrogens with zero attached hydrogens (tertiary/aromatic N) is 2. The Kier molecular flexibility index (Phi) is 3.75. The Labute approximate surface area is 100 Å². The van der Waals surface area contributed by atoms with Crippen molar-refractivity contribution in [2.75, 3.05) is 6.61 Å². The number of imidazole rings is 1. The number of fused-ring (bicyclic) bond motifs is 1. The minimum Gasteiger partial charge on any atom is -0.466 e. The Balaban J connectivity index is 1.85. The van der Waals surface area contributed by atoms with Crippen molar-refractivity contribution < 1.29 is 9.53 Å². The van der Waals surface area contributed by atoms with Crippen molar-refractivity contribution in [3.05, 3.63) is 30.6 Å². The van der Waals surface area contributed by atoms with Crippen molar-refractivity contribution in [2.24, 2.45) is 0 Å². The van der Waals surface area contributed by atoms with Gasteiger partial charge in [-0.1, -0.05) is 12.1 Å². The predicted octanol–water partition coefficient (Wildman–Crippen LogP) is 2.38. The second-order valence-electron chi connectivity index (χ2n) is 3.97. The third-order valence-corrected chi connectivity index (χ3v) is 2.63. The third-order valence-electron chi connectivity index (χ3n) is 2.63. The minimum atomic E-state index is -0.210. The summed E-state index contributed by atoms with van der Waals surface area (Å²) in [5.41, 5.74) is 2.17. The van der Waals surface area contributed by atoms with Gasteiger partial charge in [-0.2, -0.15) is 0 Å². The molecule has 0 fully saturated rings. The highest BCUT2D eigenvalue weighted by Crippen LogP contribution is 2.12. The quantitative estimate of drug-likeness (QED) is 0.587. The minimum absolute atomic E-state index is 0.210. The summed E-state index contributed by atoms with van der Waals surface area (Å²) in [7, 11) is 0. The molecule has 2 rings (SSSR count). The molecule has 0 radical (unpaired) electrons. The van der Waals surface area contributed by atoms with E-state index in [-0.39, 0.29) is 5.97 Å². The number of unbranched alkanes of at least 4 members (excludes halogenated alkanes) is 1. The molecule has 1 heterocycles. The van der Waals surface area contributed by atoms with Crippen LogP contribution in [-0.2, 0) is 16.1 Å². The number of esters is 1. The Morgan fingerprint density at radius 1 is 1.35 bits per heavy atom. The van der Waals surface area contributed by atoms with Gasteiger partial charge in [0.1, 0.15) is 0 Å². The molecule has 4 nitrogen and oxygen atoms in total. The molecule has 1 aromatic carbocycles. The molecule has 2 aromatic rings. The van der Waals surface area contributed by atoms with Crippen molar-refractivity contribution in [1.29, 1.82) is 0 Å². The molecule has 0 aliphatic carbocycles. The lowest BCUT2D eigenvalue weighted by atomic mass is 10.3. The molecule has 1 aromatic heterocycles. The Hall–Kier alpha value is -1.84. The molecule has 90 valence electrons. The van der Waals surface area contributed by atoms with E-state index in [1.54, 1.807) is 0 Å². The maximum absolute atomic E-state index is 10.6. The van der Waals surface area contributed by atoms with Gasteiger partial charge in [-0.25, -0.2) is 4.98 Å². The smallest absolute Gasteiger partial charge is 0.302 e. The molecule has 17 heavy (non-hydrogen) atoms. The maximum atomic E-state index is 10.6. The molecule has 0 aliphatic heterocycles. The van der Waals surface area contributed by atoms with Gasteiger partial charge in [-0.3, -0.25) is 4.79 Å². The monoisotopic (exact) mass is 232 g/mol. The van der Waals surface area contributed by atoms with Gasteiger partial charge in [0, 0.05) is 13.5 Å². The molecule has 0 aliphatic rings. The molecule has 0 amide bonds. The van der Waals surface area contributed by atoms with Gasteiger partial charge in [0.05, 0.1) is 24.0 Å². The van der Waals surface area contributed by atoms with E-state index in [9.17, 15) is 4.79 Å². The summed E-state index contributed by atoms with van der Waals surface area (Å²) in [6.45, 7) is 2.84. The van der Waals surface area contributed by atoms with Crippen LogP contribution >= 0.6 is 0 Å². The summed E-state index contributed by atoms with van der Waals surface area (Å²) in [5.74, 6) is -0.210. The fourth-order valence-corrected chi connectivity index (χ4v) is 1.79. The number of hydrogen-bond acceptors (Lipinski definition) is 3. The van der Waals surface area contributed by atoms with Gasteiger partial charge >= 0.3 is 5.97 Å². The van der Waals surface area contributed by atoms with Gasteiger partial charge in [-0.05, 0) is 25.0 Å². The average Bonchev–Trinajstić information content (AvgIpc) is 2.72. The van der Waals surface area contributed by atoms with E-state index in [2.05, 4.69) is 15.6 Å². The summed E-state index contributed by atoms with van der Waals surface area (Å²) >= 11 is 0. The van der Waals surface area contributed by atoms with E-state index in [1.807, 2.05) is 24.5 Å². The van der Waals surface area contributed by atoms with Crippen molar-refractivity contribution in [2.45, 2.75) is 26.3 Å². The number of rotatable bonds is 5. The number of benzene rings is 1. The molecule has 0 spiro atoms.